The monoisotopic (exact) mass is 431 g/mol. The summed E-state index contributed by atoms with van der Waals surface area (Å²) in [6.45, 7) is 2.76. The first-order chi connectivity index (χ1) is 13.0. The number of H-pyrrole nitrogens is 1. The van der Waals surface area contributed by atoms with E-state index in [0.29, 0.717) is 12.4 Å². The van der Waals surface area contributed by atoms with Crippen LogP contribution in [-0.4, -0.2) is 29.8 Å². The number of unbranched alkanes of at least 4 members (excludes halogenated alkanes) is 1. The van der Waals surface area contributed by atoms with Gasteiger partial charge in [0.2, 0.25) is 0 Å². The standard InChI is InChI=1S/C21H22BrNO4/c1-3-4-9-27-14-6-7-18-15(11-14)16(12-20(24)25)21(23-18)17-10-13(22)5-8-19(17)26-2/h5-8,10-11,23H,3-4,9,12H2,1-2H3,(H,24,25). The summed E-state index contributed by atoms with van der Waals surface area (Å²) < 4.78 is 12.2. The molecule has 2 aromatic carbocycles. The summed E-state index contributed by atoms with van der Waals surface area (Å²) >= 11 is 3.48. The van der Waals surface area contributed by atoms with Gasteiger partial charge in [-0.05, 0) is 48.4 Å². The molecule has 0 radical (unpaired) electrons. The lowest BCUT2D eigenvalue weighted by Crippen LogP contribution is -2.02. The molecule has 0 aliphatic carbocycles. The average Bonchev–Trinajstić information content (AvgIpc) is 2.99. The Bertz CT molecular complexity index is 964. The topological polar surface area (TPSA) is 71.5 Å². The Morgan fingerprint density at radius 2 is 2.04 bits per heavy atom. The molecule has 0 aliphatic heterocycles. The third-order valence-electron chi connectivity index (χ3n) is 4.40. The molecule has 0 amide bonds. The summed E-state index contributed by atoms with van der Waals surface area (Å²) in [7, 11) is 1.60. The van der Waals surface area contributed by atoms with Gasteiger partial charge in [0.25, 0.3) is 0 Å². The van der Waals surface area contributed by atoms with Crippen molar-refractivity contribution in [3.05, 3.63) is 46.4 Å². The van der Waals surface area contributed by atoms with Crippen molar-refractivity contribution in [3.8, 4) is 22.8 Å². The zero-order valence-corrected chi connectivity index (χ0v) is 16.9. The van der Waals surface area contributed by atoms with Crippen molar-refractivity contribution in [1.82, 2.24) is 4.98 Å². The predicted molar refractivity (Wildman–Crippen MR) is 110 cm³/mol. The zero-order valence-electron chi connectivity index (χ0n) is 15.3. The number of carboxylic acids is 1. The van der Waals surface area contributed by atoms with Crippen LogP contribution in [0.1, 0.15) is 25.3 Å². The van der Waals surface area contributed by atoms with E-state index < -0.39 is 5.97 Å². The van der Waals surface area contributed by atoms with Crippen LogP contribution in [0.2, 0.25) is 0 Å². The summed E-state index contributed by atoms with van der Waals surface area (Å²) in [5.41, 5.74) is 3.14. The van der Waals surface area contributed by atoms with E-state index in [1.807, 2.05) is 36.4 Å². The highest BCUT2D eigenvalue weighted by Crippen LogP contribution is 2.38. The normalized spacial score (nSPS) is 10.9. The van der Waals surface area contributed by atoms with E-state index in [4.69, 9.17) is 9.47 Å². The SMILES string of the molecule is CCCCOc1ccc2[nH]c(-c3cc(Br)ccc3OC)c(CC(=O)O)c2c1. The van der Waals surface area contributed by atoms with Gasteiger partial charge in [-0.25, -0.2) is 0 Å². The first kappa shape index (κ1) is 19.3. The van der Waals surface area contributed by atoms with Crippen LogP contribution < -0.4 is 9.47 Å². The van der Waals surface area contributed by atoms with Crippen LogP contribution in [0.4, 0.5) is 0 Å². The molecule has 1 heterocycles. The van der Waals surface area contributed by atoms with Crippen LogP contribution in [-0.2, 0) is 11.2 Å². The van der Waals surface area contributed by atoms with E-state index in [-0.39, 0.29) is 6.42 Å². The molecule has 3 rings (SSSR count). The van der Waals surface area contributed by atoms with Crippen molar-refractivity contribution < 1.29 is 19.4 Å². The number of ether oxygens (including phenoxy) is 2. The summed E-state index contributed by atoms with van der Waals surface area (Å²) in [6, 6.07) is 11.4. The van der Waals surface area contributed by atoms with Gasteiger partial charge in [-0.1, -0.05) is 29.3 Å². The molecule has 0 fully saturated rings. The highest BCUT2D eigenvalue weighted by Gasteiger charge is 2.19. The molecule has 0 spiro atoms. The highest BCUT2D eigenvalue weighted by atomic mass is 79.9. The lowest BCUT2D eigenvalue weighted by Gasteiger charge is -2.10. The number of hydrogen-bond acceptors (Lipinski definition) is 3. The molecular weight excluding hydrogens is 410 g/mol. The number of halogens is 1. The van der Waals surface area contributed by atoms with Crippen LogP contribution >= 0.6 is 15.9 Å². The van der Waals surface area contributed by atoms with Gasteiger partial charge in [0, 0.05) is 20.9 Å². The van der Waals surface area contributed by atoms with Gasteiger partial charge in [0.05, 0.1) is 25.8 Å². The second-order valence-corrected chi connectivity index (χ2v) is 7.22. The Hall–Kier alpha value is -2.47. The highest BCUT2D eigenvalue weighted by molar-refractivity contribution is 9.10. The van der Waals surface area contributed by atoms with Crippen LogP contribution in [0, 0.1) is 0 Å². The van der Waals surface area contributed by atoms with Crippen molar-refractivity contribution in [2.45, 2.75) is 26.2 Å². The van der Waals surface area contributed by atoms with Gasteiger partial charge in [-0.15, -0.1) is 0 Å². The first-order valence-electron chi connectivity index (χ1n) is 8.86. The largest absolute Gasteiger partial charge is 0.496 e. The lowest BCUT2D eigenvalue weighted by atomic mass is 10.0. The fraction of sp³-hybridized carbons (Fsp3) is 0.286. The average molecular weight is 432 g/mol. The number of carbonyl (C=O) groups is 1. The molecule has 0 aliphatic rings. The molecule has 3 aromatic rings. The number of aromatic amines is 1. The maximum Gasteiger partial charge on any atom is 0.307 e. The van der Waals surface area contributed by atoms with Crippen molar-refractivity contribution in [1.29, 1.82) is 0 Å². The zero-order chi connectivity index (χ0) is 19.4. The van der Waals surface area contributed by atoms with E-state index in [1.165, 1.54) is 0 Å². The number of benzene rings is 2. The Kier molecular flexibility index (Phi) is 6.06. The Labute approximate surface area is 166 Å². The van der Waals surface area contributed by atoms with Crippen LogP contribution in [0.3, 0.4) is 0 Å². The van der Waals surface area contributed by atoms with E-state index in [9.17, 15) is 9.90 Å². The number of fused-ring (bicyclic) bond motifs is 1. The minimum atomic E-state index is -0.886. The molecule has 0 unspecified atom stereocenters. The third kappa shape index (κ3) is 4.27. The first-order valence-corrected chi connectivity index (χ1v) is 9.66. The van der Waals surface area contributed by atoms with Gasteiger partial charge in [-0.3, -0.25) is 4.79 Å². The second kappa shape index (κ2) is 8.48. The van der Waals surface area contributed by atoms with E-state index >= 15 is 0 Å². The number of aromatic nitrogens is 1. The molecular formula is C21H22BrNO4. The predicted octanol–water partition coefficient (Wildman–Crippen LogP) is 5.41. The van der Waals surface area contributed by atoms with Crippen LogP contribution in [0.25, 0.3) is 22.2 Å². The van der Waals surface area contributed by atoms with Gasteiger partial charge in [0.1, 0.15) is 11.5 Å². The maximum atomic E-state index is 11.5. The Balaban J connectivity index is 2.15. The van der Waals surface area contributed by atoms with Crippen LogP contribution in [0.5, 0.6) is 11.5 Å². The van der Waals surface area contributed by atoms with Crippen LogP contribution in [0.15, 0.2) is 40.9 Å². The molecule has 5 nitrogen and oxygen atoms in total. The molecule has 0 bridgehead atoms. The number of aliphatic carboxylic acids is 1. The number of carboxylic acid groups (broad SMARTS) is 1. The van der Waals surface area contributed by atoms with Crippen molar-refractivity contribution in [3.63, 3.8) is 0 Å². The van der Waals surface area contributed by atoms with Crippen molar-refractivity contribution in [2.75, 3.05) is 13.7 Å². The third-order valence-corrected chi connectivity index (χ3v) is 4.90. The van der Waals surface area contributed by atoms with Gasteiger partial charge in [-0.2, -0.15) is 0 Å². The van der Waals surface area contributed by atoms with E-state index in [1.54, 1.807) is 7.11 Å². The fourth-order valence-electron chi connectivity index (χ4n) is 3.09. The maximum absolute atomic E-state index is 11.5. The summed E-state index contributed by atoms with van der Waals surface area (Å²) in [5, 5.41) is 10.3. The number of methoxy groups -OCH3 is 1. The number of nitrogens with one attached hydrogen (secondary N) is 1. The molecule has 0 atom stereocenters. The number of rotatable bonds is 8. The van der Waals surface area contributed by atoms with Gasteiger partial charge < -0.3 is 19.6 Å². The molecule has 0 saturated carbocycles. The Morgan fingerprint density at radius 3 is 2.74 bits per heavy atom. The van der Waals surface area contributed by atoms with Crippen molar-refractivity contribution in [2.24, 2.45) is 0 Å². The molecule has 142 valence electrons. The van der Waals surface area contributed by atoms with Crippen molar-refractivity contribution >= 4 is 32.8 Å². The molecule has 0 saturated heterocycles. The second-order valence-electron chi connectivity index (χ2n) is 6.30. The minimum absolute atomic E-state index is 0.0938. The molecule has 6 heteroatoms. The van der Waals surface area contributed by atoms with E-state index in [2.05, 4.69) is 27.8 Å². The number of hydrogen-bond donors (Lipinski definition) is 2. The lowest BCUT2D eigenvalue weighted by molar-refractivity contribution is -0.136. The quantitative estimate of drug-likeness (QED) is 0.467. The smallest absolute Gasteiger partial charge is 0.307 e. The van der Waals surface area contributed by atoms with Gasteiger partial charge in [0.15, 0.2) is 0 Å². The fourth-order valence-corrected chi connectivity index (χ4v) is 3.45. The summed E-state index contributed by atoms with van der Waals surface area (Å²) in [6.07, 6.45) is 1.94. The Morgan fingerprint density at radius 1 is 1.22 bits per heavy atom. The molecule has 27 heavy (non-hydrogen) atoms. The van der Waals surface area contributed by atoms with E-state index in [0.717, 1.165) is 50.8 Å². The minimum Gasteiger partial charge on any atom is -0.496 e. The van der Waals surface area contributed by atoms with Gasteiger partial charge >= 0.3 is 5.97 Å². The summed E-state index contributed by atoms with van der Waals surface area (Å²) in [4.78, 5) is 14.9. The molecule has 1 aromatic heterocycles. The summed E-state index contributed by atoms with van der Waals surface area (Å²) in [5.74, 6) is 0.536. The molecule has 2 N–H and O–H groups in total.